The van der Waals surface area contributed by atoms with Gasteiger partial charge in [0.05, 0.1) is 24.3 Å². The average molecular weight is 264 g/mol. The molecule has 1 heterocycles. The molecule has 5 nitrogen and oxygen atoms in total. The van der Waals surface area contributed by atoms with Crippen LogP contribution in [0.5, 0.6) is 5.88 Å². The molecule has 0 bridgehead atoms. The quantitative estimate of drug-likeness (QED) is 0.814. The van der Waals surface area contributed by atoms with Gasteiger partial charge in [0.25, 0.3) is 5.91 Å². The van der Waals surface area contributed by atoms with Gasteiger partial charge in [-0.05, 0) is 38.7 Å². The van der Waals surface area contributed by atoms with E-state index in [-0.39, 0.29) is 12.5 Å². The van der Waals surface area contributed by atoms with Gasteiger partial charge < -0.3 is 15.2 Å². The Morgan fingerprint density at radius 1 is 1.58 bits per heavy atom. The molecule has 1 saturated carbocycles. The van der Waals surface area contributed by atoms with Crippen molar-refractivity contribution in [2.45, 2.75) is 32.2 Å². The molecule has 1 fully saturated rings. The fraction of sp³-hybridized carbons (Fsp3) is 0.571. The lowest BCUT2D eigenvalue weighted by Crippen LogP contribution is -2.50. The fourth-order valence-electron chi connectivity index (χ4n) is 2.07. The van der Waals surface area contributed by atoms with E-state index in [1.807, 2.05) is 13.8 Å². The Hall–Kier alpha value is -1.62. The number of hydrogen-bond donors (Lipinski definition) is 2. The molecule has 19 heavy (non-hydrogen) atoms. The zero-order chi connectivity index (χ0) is 13.9. The summed E-state index contributed by atoms with van der Waals surface area (Å²) in [4.78, 5) is 16.2. The molecule has 0 spiro atoms. The number of rotatable bonds is 6. The molecule has 0 aliphatic heterocycles. The summed E-state index contributed by atoms with van der Waals surface area (Å²) in [5.41, 5.74) is -0.0563. The zero-order valence-electron chi connectivity index (χ0n) is 11.3. The zero-order valence-corrected chi connectivity index (χ0v) is 11.3. The maximum atomic E-state index is 12.1. The number of ether oxygens (including phenoxy) is 1. The smallest absolute Gasteiger partial charge is 0.253 e. The lowest BCUT2D eigenvalue weighted by Gasteiger charge is -2.28. The third-order valence-electron chi connectivity index (χ3n) is 3.50. The number of carbonyl (C=O) groups excluding carboxylic acids is 1. The maximum Gasteiger partial charge on any atom is 0.253 e. The summed E-state index contributed by atoms with van der Waals surface area (Å²) in [5, 5.41) is 12.4. The van der Waals surface area contributed by atoms with Crippen LogP contribution < -0.4 is 10.1 Å². The van der Waals surface area contributed by atoms with Gasteiger partial charge in [-0.3, -0.25) is 4.79 Å². The van der Waals surface area contributed by atoms with Crippen LogP contribution in [0.15, 0.2) is 18.3 Å². The van der Waals surface area contributed by atoms with Gasteiger partial charge in [0.1, 0.15) is 0 Å². The molecule has 2 N–H and O–H groups in total. The lowest BCUT2D eigenvalue weighted by molar-refractivity contribution is 0.0824. The highest BCUT2D eigenvalue weighted by Crippen LogP contribution is 2.39. The third-order valence-corrected chi connectivity index (χ3v) is 3.50. The highest BCUT2D eigenvalue weighted by molar-refractivity contribution is 5.94. The summed E-state index contributed by atoms with van der Waals surface area (Å²) in [6.07, 6.45) is 3.60. The Kier molecular flexibility index (Phi) is 4.04. The molecule has 1 aromatic heterocycles. The van der Waals surface area contributed by atoms with Gasteiger partial charge in [0, 0.05) is 12.3 Å². The maximum absolute atomic E-state index is 12.1. The van der Waals surface area contributed by atoms with E-state index in [1.54, 1.807) is 12.1 Å². The lowest BCUT2D eigenvalue weighted by atomic mass is 9.96. The predicted octanol–water partition coefficient (Wildman–Crippen LogP) is 1.37. The summed E-state index contributed by atoms with van der Waals surface area (Å²) in [6.45, 7) is 4.26. The van der Waals surface area contributed by atoms with Crippen LogP contribution in [0.2, 0.25) is 0 Å². The van der Waals surface area contributed by atoms with Crippen LogP contribution in [0.4, 0.5) is 0 Å². The van der Waals surface area contributed by atoms with Crippen molar-refractivity contribution in [2.24, 2.45) is 5.92 Å². The highest BCUT2D eigenvalue weighted by Gasteiger charge is 2.42. The van der Waals surface area contributed by atoms with Crippen LogP contribution in [0, 0.1) is 5.92 Å². The molecule has 1 unspecified atom stereocenters. The van der Waals surface area contributed by atoms with Crippen LogP contribution in [0.1, 0.15) is 37.0 Å². The van der Waals surface area contributed by atoms with E-state index in [0.717, 1.165) is 12.8 Å². The van der Waals surface area contributed by atoms with Crippen molar-refractivity contribution in [3.63, 3.8) is 0 Å². The number of aliphatic hydroxyl groups is 1. The van der Waals surface area contributed by atoms with Crippen molar-refractivity contribution in [1.82, 2.24) is 10.3 Å². The fourth-order valence-corrected chi connectivity index (χ4v) is 2.07. The van der Waals surface area contributed by atoms with Gasteiger partial charge in [-0.25, -0.2) is 4.98 Å². The minimum atomic E-state index is -0.532. The Bertz CT molecular complexity index is 443. The Labute approximate surface area is 113 Å². The minimum absolute atomic E-state index is 0.0478. The van der Waals surface area contributed by atoms with Crippen LogP contribution in [-0.4, -0.2) is 34.8 Å². The number of hydrogen-bond acceptors (Lipinski definition) is 4. The summed E-state index contributed by atoms with van der Waals surface area (Å²) in [5.74, 6) is 0.669. The number of aliphatic hydroxyl groups excluding tert-OH is 1. The topological polar surface area (TPSA) is 71.5 Å². The molecule has 0 radical (unpaired) electrons. The van der Waals surface area contributed by atoms with Crippen molar-refractivity contribution >= 4 is 5.91 Å². The van der Waals surface area contributed by atoms with Crippen molar-refractivity contribution < 1.29 is 14.6 Å². The second-order valence-corrected chi connectivity index (χ2v) is 5.12. The normalized spacial score (nSPS) is 17.6. The molecular formula is C14H20N2O3. The molecule has 1 aliphatic rings. The van der Waals surface area contributed by atoms with Gasteiger partial charge in [0.2, 0.25) is 5.88 Å². The highest BCUT2D eigenvalue weighted by atomic mass is 16.5. The van der Waals surface area contributed by atoms with Crippen molar-refractivity contribution in [1.29, 1.82) is 0 Å². The monoisotopic (exact) mass is 264 g/mol. The molecule has 2 rings (SSSR count). The number of aromatic nitrogens is 1. The summed E-state index contributed by atoms with van der Waals surface area (Å²) >= 11 is 0. The van der Waals surface area contributed by atoms with E-state index < -0.39 is 5.54 Å². The van der Waals surface area contributed by atoms with E-state index >= 15 is 0 Å². The van der Waals surface area contributed by atoms with Crippen LogP contribution in [-0.2, 0) is 0 Å². The minimum Gasteiger partial charge on any atom is -0.478 e. The number of pyridine rings is 1. The molecule has 5 heteroatoms. The molecule has 0 saturated heterocycles. The average Bonchev–Trinajstić information content (AvgIpc) is 3.24. The molecule has 1 amide bonds. The Morgan fingerprint density at radius 2 is 2.32 bits per heavy atom. The Morgan fingerprint density at radius 3 is 2.79 bits per heavy atom. The van der Waals surface area contributed by atoms with Crippen molar-refractivity contribution in [3.8, 4) is 5.88 Å². The largest absolute Gasteiger partial charge is 0.478 e. The molecule has 1 aromatic rings. The van der Waals surface area contributed by atoms with Crippen molar-refractivity contribution in [3.05, 3.63) is 23.9 Å². The number of nitrogens with zero attached hydrogens (tertiary/aromatic N) is 1. The predicted molar refractivity (Wildman–Crippen MR) is 71.1 cm³/mol. The molecule has 0 aromatic carbocycles. The van der Waals surface area contributed by atoms with Gasteiger partial charge >= 0.3 is 0 Å². The SMILES string of the molecule is CCOc1ccc(C(=O)NC(C)(CO)C2CC2)cn1. The molecule has 1 atom stereocenters. The van der Waals surface area contributed by atoms with Gasteiger partial charge in [0.15, 0.2) is 0 Å². The summed E-state index contributed by atoms with van der Waals surface area (Å²) in [6, 6.07) is 3.35. The molecular weight excluding hydrogens is 244 g/mol. The van der Waals surface area contributed by atoms with Gasteiger partial charge in [-0.2, -0.15) is 0 Å². The van der Waals surface area contributed by atoms with Crippen molar-refractivity contribution in [2.75, 3.05) is 13.2 Å². The van der Waals surface area contributed by atoms with E-state index in [4.69, 9.17) is 4.74 Å². The van der Waals surface area contributed by atoms with E-state index in [0.29, 0.717) is 24.0 Å². The number of nitrogens with one attached hydrogen (secondary N) is 1. The van der Waals surface area contributed by atoms with E-state index in [9.17, 15) is 9.90 Å². The second kappa shape index (κ2) is 5.57. The second-order valence-electron chi connectivity index (χ2n) is 5.12. The first-order valence-corrected chi connectivity index (χ1v) is 6.61. The first kappa shape index (κ1) is 13.8. The van der Waals surface area contributed by atoms with Crippen LogP contribution in [0.3, 0.4) is 0 Å². The van der Waals surface area contributed by atoms with Crippen LogP contribution >= 0.6 is 0 Å². The van der Waals surface area contributed by atoms with E-state index in [1.165, 1.54) is 6.20 Å². The summed E-state index contributed by atoms with van der Waals surface area (Å²) < 4.78 is 5.23. The number of amides is 1. The number of carbonyl (C=O) groups is 1. The van der Waals surface area contributed by atoms with Crippen LogP contribution in [0.25, 0.3) is 0 Å². The standard InChI is InChI=1S/C14H20N2O3/c1-3-19-12-7-4-10(8-15-12)13(18)16-14(2,9-17)11-5-6-11/h4,7-8,11,17H,3,5-6,9H2,1-2H3,(H,16,18). The third kappa shape index (κ3) is 3.23. The first-order valence-electron chi connectivity index (χ1n) is 6.61. The van der Waals surface area contributed by atoms with Gasteiger partial charge in [-0.1, -0.05) is 0 Å². The van der Waals surface area contributed by atoms with Gasteiger partial charge in [-0.15, -0.1) is 0 Å². The Balaban J connectivity index is 2.02. The molecule has 104 valence electrons. The summed E-state index contributed by atoms with van der Waals surface area (Å²) in [7, 11) is 0. The molecule has 1 aliphatic carbocycles. The first-order chi connectivity index (χ1) is 9.09. The van der Waals surface area contributed by atoms with E-state index in [2.05, 4.69) is 10.3 Å².